The van der Waals surface area contributed by atoms with Gasteiger partial charge in [-0.1, -0.05) is 30.3 Å². The maximum atomic E-state index is 12.3. The lowest BCUT2D eigenvalue weighted by molar-refractivity contribution is -0.384. The van der Waals surface area contributed by atoms with Gasteiger partial charge in [0.25, 0.3) is 11.6 Å². The van der Waals surface area contributed by atoms with Crippen LogP contribution in [0.3, 0.4) is 0 Å². The molecule has 1 amide bonds. The number of carbonyl (C=O) groups is 1. The van der Waals surface area contributed by atoms with Crippen molar-refractivity contribution in [1.29, 1.82) is 0 Å². The maximum Gasteiger partial charge on any atom is 0.293 e. The Bertz CT molecular complexity index is 1180. The maximum absolute atomic E-state index is 12.3. The summed E-state index contributed by atoms with van der Waals surface area (Å²) in [5.74, 6) is -0.350. The van der Waals surface area contributed by atoms with Crippen molar-refractivity contribution in [3.8, 4) is 10.6 Å². The molecule has 0 saturated heterocycles. The van der Waals surface area contributed by atoms with E-state index in [1.807, 2.05) is 30.3 Å². The summed E-state index contributed by atoms with van der Waals surface area (Å²) < 4.78 is 23.2. The molecule has 3 rings (SSSR count). The van der Waals surface area contributed by atoms with E-state index >= 15 is 0 Å². The number of anilines is 1. The first-order valence-corrected chi connectivity index (χ1v) is 11.5. The van der Waals surface area contributed by atoms with Crippen molar-refractivity contribution in [3.05, 3.63) is 69.7 Å². The smallest absolute Gasteiger partial charge is 0.293 e. The van der Waals surface area contributed by atoms with Gasteiger partial charge in [0.1, 0.15) is 16.4 Å². The predicted octanol–water partition coefficient (Wildman–Crippen LogP) is 2.96. The highest BCUT2D eigenvalue weighted by molar-refractivity contribution is 7.90. The van der Waals surface area contributed by atoms with Crippen molar-refractivity contribution in [2.75, 3.05) is 24.7 Å². The van der Waals surface area contributed by atoms with E-state index in [-0.39, 0.29) is 35.3 Å². The van der Waals surface area contributed by atoms with Crippen molar-refractivity contribution in [2.45, 2.75) is 4.90 Å². The third-order valence-electron chi connectivity index (χ3n) is 4.08. The topological polar surface area (TPSA) is 131 Å². The van der Waals surface area contributed by atoms with E-state index in [2.05, 4.69) is 15.6 Å². The zero-order valence-corrected chi connectivity index (χ0v) is 17.5. The van der Waals surface area contributed by atoms with Gasteiger partial charge in [-0.15, -0.1) is 11.3 Å². The standard InChI is InChI=1S/C19H18N4O5S2/c1-30(27,28)14-7-8-15(17(11-14)23(25)26)20-9-10-21-18(24)16-12-29-19(22-16)13-5-3-2-4-6-13/h2-8,11-12,20H,9-10H2,1H3,(H,21,24). The highest BCUT2D eigenvalue weighted by Crippen LogP contribution is 2.27. The molecule has 11 heteroatoms. The minimum Gasteiger partial charge on any atom is -0.378 e. The molecule has 0 atom stereocenters. The predicted molar refractivity (Wildman–Crippen MR) is 115 cm³/mol. The van der Waals surface area contributed by atoms with Crippen LogP contribution < -0.4 is 10.6 Å². The molecule has 0 bridgehead atoms. The van der Waals surface area contributed by atoms with Gasteiger partial charge in [-0.25, -0.2) is 13.4 Å². The monoisotopic (exact) mass is 446 g/mol. The highest BCUT2D eigenvalue weighted by atomic mass is 32.2. The SMILES string of the molecule is CS(=O)(=O)c1ccc(NCCNC(=O)c2csc(-c3ccccc3)n2)c([N+](=O)[O-])c1. The Morgan fingerprint density at radius 3 is 2.57 bits per heavy atom. The Hall–Kier alpha value is -3.31. The van der Waals surface area contributed by atoms with E-state index in [9.17, 15) is 23.3 Å². The molecule has 3 aromatic rings. The first kappa shape index (κ1) is 21.4. The van der Waals surface area contributed by atoms with Crippen molar-refractivity contribution in [2.24, 2.45) is 0 Å². The van der Waals surface area contributed by atoms with Crippen molar-refractivity contribution >= 4 is 38.5 Å². The molecule has 1 aromatic heterocycles. The largest absolute Gasteiger partial charge is 0.378 e. The zero-order valence-electron chi connectivity index (χ0n) is 15.9. The number of aromatic nitrogens is 1. The van der Waals surface area contributed by atoms with Crippen LogP contribution in [0.25, 0.3) is 10.6 Å². The van der Waals surface area contributed by atoms with Gasteiger partial charge < -0.3 is 10.6 Å². The van der Waals surface area contributed by atoms with Gasteiger partial charge in [0.15, 0.2) is 9.84 Å². The number of rotatable bonds is 8. The molecule has 0 unspecified atom stereocenters. The number of nitrogens with one attached hydrogen (secondary N) is 2. The van der Waals surface area contributed by atoms with Crippen molar-refractivity contribution in [1.82, 2.24) is 10.3 Å². The Labute approximate surface area is 176 Å². The number of amides is 1. The van der Waals surface area contributed by atoms with Crippen LogP contribution in [0.4, 0.5) is 11.4 Å². The molecule has 0 saturated carbocycles. The van der Waals surface area contributed by atoms with Crippen LogP contribution in [0.5, 0.6) is 0 Å². The average molecular weight is 447 g/mol. The van der Waals surface area contributed by atoms with Gasteiger partial charge in [0, 0.05) is 36.4 Å². The van der Waals surface area contributed by atoms with E-state index in [1.54, 1.807) is 5.38 Å². The van der Waals surface area contributed by atoms with Gasteiger partial charge in [0.05, 0.1) is 9.82 Å². The number of benzene rings is 2. The third kappa shape index (κ3) is 5.19. The fraction of sp³-hybridized carbons (Fsp3) is 0.158. The lowest BCUT2D eigenvalue weighted by Gasteiger charge is -2.09. The summed E-state index contributed by atoms with van der Waals surface area (Å²) in [4.78, 5) is 27.0. The molecule has 0 radical (unpaired) electrons. The Balaban J connectivity index is 1.58. The fourth-order valence-corrected chi connectivity index (χ4v) is 4.04. The Morgan fingerprint density at radius 2 is 1.90 bits per heavy atom. The van der Waals surface area contributed by atoms with Gasteiger partial charge in [0.2, 0.25) is 0 Å². The molecule has 0 spiro atoms. The summed E-state index contributed by atoms with van der Waals surface area (Å²) in [6, 6.07) is 13.1. The molecule has 9 nitrogen and oxygen atoms in total. The van der Waals surface area contributed by atoms with Gasteiger partial charge in [-0.05, 0) is 12.1 Å². The van der Waals surface area contributed by atoms with Gasteiger partial charge >= 0.3 is 0 Å². The van der Waals surface area contributed by atoms with Crippen LogP contribution in [0.2, 0.25) is 0 Å². The summed E-state index contributed by atoms with van der Waals surface area (Å²) in [5.41, 5.74) is 1.04. The zero-order chi connectivity index (χ0) is 21.7. The number of thiazole rings is 1. The summed E-state index contributed by atoms with van der Waals surface area (Å²) in [5, 5.41) is 19.2. The van der Waals surface area contributed by atoms with Crippen LogP contribution in [0.1, 0.15) is 10.5 Å². The van der Waals surface area contributed by atoms with Crippen LogP contribution >= 0.6 is 11.3 Å². The number of carbonyl (C=O) groups excluding carboxylic acids is 1. The quantitative estimate of drug-likeness (QED) is 0.309. The van der Waals surface area contributed by atoms with Crippen LogP contribution in [0.15, 0.2) is 58.8 Å². The minimum absolute atomic E-state index is 0.134. The third-order valence-corrected chi connectivity index (χ3v) is 6.08. The summed E-state index contributed by atoms with van der Waals surface area (Å²) in [7, 11) is -3.56. The first-order valence-electron chi connectivity index (χ1n) is 8.77. The molecule has 0 aliphatic heterocycles. The summed E-state index contributed by atoms with van der Waals surface area (Å²) >= 11 is 1.36. The molecular weight excluding hydrogens is 428 g/mol. The normalized spacial score (nSPS) is 11.1. The van der Waals surface area contributed by atoms with E-state index in [0.29, 0.717) is 5.69 Å². The molecular formula is C19H18N4O5S2. The van der Waals surface area contributed by atoms with E-state index in [1.165, 1.54) is 23.5 Å². The number of hydrogen-bond acceptors (Lipinski definition) is 8. The second-order valence-electron chi connectivity index (χ2n) is 6.29. The lowest BCUT2D eigenvalue weighted by Crippen LogP contribution is -2.29. The molecule has 2 aromatic carbocycles. The molecule has 0 aliphatic rings. The highest BCUT2D eigenvalue weighted by Gasteiger charge is 2.18. The van der Waals surface area contributed by atoms with Crippen LogP contribution in [-0.2, 0) is 9.84 Å². The molecule has 156 valence electrons. The lowest BCUT2D eigenvalue weighted by atomic mass is 10.2. The fourth-order valence-electron chi connectivity index (χ4n) is 2.60. The average Bonchev–Trinajstić information content (AvgIpc) is 3.21. The van der Waals surface area contributed by atoms with Gasteiger partial charge in [-0.3, -0.25) is 14.9 Å². The molecule has 30 heavy (non-hydrogen) atoms. The Morgan fingerprint density at radius 1 is 1.17 bits per heavy atom. The number of nitro benzene ring substituents is 1. The van der Waals surface area contributed by atoms with E-state index in [4.69, 9.17) is 0 Å². The second kappa shape index (κ2) is 9.01. The number of sulfone groups is 1. The van der Waals surface area contributed by atoms with Crippen molar-refractivity contribution in [3.63, 3.8) is 0 Å². The minimum atomic E-state index is -3.56. The summed E-state index contributed by atoms with van der Waals surface area (Å²) in [6.45, 7) is 0.405. The molecule has 1 heterocycles. The van der Waals surface area contributed by atoms with Crippen LogP contribution in [0, 0.1) is 10.1 Å². The molecule has 2 N–H and O–H groups in total. The van der Waals surface area contributed by atoms with E-state index in [0.717, 1.165) is 22.9 Å². The number of hydrogen-bond donors (Lipinski definition) is 2. The number of nitrogens with zero attached hydrogens (tertiary/aromatic N) is 2. The second-order valence-corrected chi connectivity index (χ2v) is 9.17. The molecule has 0 fully saturated rings. The first-order chi connectivity index (χ1) is 14.3. The summed E-state index contributed by atoms with van der Waals surface area (Å²) in [6.07, 6.45) is 0.983. The van der Waals surface area contributed by atoms with Crippen molar-refractivity contribution < 1.29 is 18.1 Å². The number of nitro groups is 1. The molecule has 0 aliphatic carbocycles. The van der Waals surface area contributed by atoms with Gasteiger partial charge in [-0.2, -0.15) is 0 Å². The Kier molecular flexibility index (Phi) is 6.43. The van der Waals surface area contributed by atoms with Crippen LogP contribution in [-0.4, -0.2) is 43.6 Å². The van der Waals surface area contributed by atoms with E-state index < -0.39 is 14.8 Å².